The second kappa shape index (κ2) is 5.93. The van der Waals surface area contributed by atoms with E-state index in [0.717, 1.165) is 32.1 Å². The average Bonchev–Trinajstić information content (AvgIpc) is 3.29. The molecule has 2 aliphatic rings. The third-order valence-electron chi connectivity index (χ3n) is 5.25. The minimum Gasteiger partial charge on any atom is -0.314 e. The molecule has 4 heteroatoms. The van der Waals surface area contributed by atoms with E-state index in [-0.39, 0.29) is 11.1 Å². The maximum absolute atomic E-state index is 11.8. The highest BCUT2D eigenvalue weighted by Gasteiger charge is 2.43. The molecule has 0 spiro atoms. The van der Waals surface area contributed by atoms with Gasteiger partial charge in [-0.05, 0) is 51.6 Å². The molecule has 2 heterocycles. The van der Waals surface area contributed by atoms with Gasteiger partial charge in [-0.2, -0.15) is 0 Å². The monoisotopic (exact) mass is 289 g/mol. The number of hydrogen-bond acceptors (Lipinski definition) is 3. The Morgan fingerprint density at radius 1 is 1.29 bits per heavy atom. The van der Waals surface area contributed by atoms with Crippen molar-refractivity contribution >= 4 is 0 Å². The zero-order valence-corrected chi connectivity index (χ0v) is 13.2. The van der Waals surface area contributed by atoms with Gasteiger partial charge in [0.1, 0.15) is 0 Å². The Bertz CT molecular complexity index is 537. The Kier molecular flexibility index (Phi) is 4.18. The third-order valence-corrected chi connectivity index (χ3v) is 5.25. The van der Waals surface area contributed by atoms with Crippen molar-refractivity contribution in [1.29, 1.82) is 0 Å². The SMILES string of the molecule is CC1CCNC(C)(C2CC2)CN1CCn1ccccc1=O. The zero-order chi connectivity index (χ0) is 14.9. The molecule has 0 amide bonds. The van der Waals surface area contributed by atoms with Crippen molar-refractivity contribution < 1.29 is 0 Å². The molecule has 116 valence electrons. The fourth-order valence-electron chi connectivity index (χ4n) is 3.56. The maximum atomic E-state index is 11.8. The van der Waals surface area contributed by atoms with Crippen LogP contribution in [0.2, 0.25) is 0 Å². The van der Waals surface area contributed by atoms with E-state index < -0.39 is 0 Å². The molecular formula is C17H27N3O. The second-order valence-electron chi connectivity index (χ2n) is 6.96. The minimum absolute atomic E-state index is 0.100. The van der Waals surface area contributed by atoms with Crippen molar-refractivity contribution in [3.8, 4) is 0 Å². The van der Waals surface area contributed by atoms with Gasteiger partial charge in [0.2, 0.25) is 0 Å². The highest BCUT2D eigenvalue weighted by Crippen LogP contribution is 2.40. The van der Waals surface area contributed by atoms with Crippen molar-refractivity contribution in [2.45, 2.75) is 51.2 Å². The van der Waals surface area contributed by atoms with Crippen molar-refractivity contribution in [3.63, 3.8) is 0 Å². The van der Waals surface area contributed by atoms with E-state index in [1.54, 1.807) is 6.07 Å². The Balaban J connectivity index is 1.67. The number of rotatable bonds is 4. The van der Waals surface area contributed by atoms with E-state index in [1.165, 1.54) is 19.3 Å². The predicted octanol–water partition coefficient (Wildman–Crippen LogP) is 1.70. The summed E-state index contributed by atoms with van der Waals surface area (Å²) < 4.78 is 1.82. The Morgan fingerprint density at radius 3 is 2.81 bits per heavy atom. The number of hydrogen-bond donors (Lipinski definition) is 1. The maximum Gasteiger partial charge on any atom is 0.250 e. The van der Waals surface area contributed by atoms with Crippen LogP contribution in [0.25, 0.3) is 0 Å². The van der Waals surface area contributed by atoms with Crippen LogP contribution in [-0.2, 0) is 6.54 Å². The Hall–Kier alpha value is -1.13. The summed E-state index contributed by atoms with van der Waals surface area (Å²) in [4.78, 5) is 14.4. The smallest absolute Gasteiger partial charge is 0.250 e. The highest BCUT2D eigenvalue weighted by atomic mass is 16.1. The minimum atomic E-state index is 0.100. The molecule has 1 saturated carbocycles. The van der Waals surface area contributed by atoms with Gasteiger partial charge in [0.05, 0.1) is 0 Å². The molecule has 1 aromatic rings. The summed E-state index contributed by atoms with van der Waals surface area (Å²) in [6.45, 7) is 8.63. The molecule has 2 atom stereocenters. The van der Waals surface area contributed by atoms with Crippen LogP contribution in [0.5, 0.6) is 0 Å². The van der Waals surface area contributed by atoms with Gasteiger partial charge in [-0.15, -0.1) is 0 Å². The second-order valence-corrected chi connectivity index (χ2v) is 6.96. The van der Waals surface area contributed by atoms with Gasteiger partial charge >= 0.3 is 0 Å². The van der Waals surface area contributed by atoms with Crippen LogP contribution in [0, 0.1) is 5.92 Å². The Morgan fingerprint density at radius 2 is 2.10 bits per heavy atom. The molecule has 1 aliphatic heterocycles. The first kappa shape index (κ1) is 14.8. The van der Waals surface area contributed by atoms with Crippen LogP contribution in [0.15, 0.2) is 29.2 Å². The molecule has 1 aromatic heterocycles. The van der Waals surface area contributed by atoms with Crippen molar-refractivity contribution in [3.05, 3.63) is 34.7 Å². The lowest BCUT2D eigenvalue weighted by molar-refractivity contribution is 0.156. The summed E-state index contributed by atoms with van der Waals surface area (Å²) in [5.41, 5.74) is 0.356. The van der Waals surface area contributed by atoms with Gasteiger partial charge in [-0.3, -0.25) is 9.69 Å². The van der Waals surface area contributed by atoms with Gasteiger partial charge in [0.25, 0.3) is 5.56 Å². The van der Waals surface area contributed by atoms with Gasteiger partial charge in [0, 0.05) is 43.5 Å². The molecule has 3 rings (SSSR count). The van der Waals surface area contributed by atoms with Crippen LogP contribution >= 0.6 is 0 Å². The first-order valence-electron chi connectivity index (χ1n) is 8.23. The standard InChI is InChI=1S/C17H27N3O/c1-14-8-9-18-17(2,15-6-7-15)13-20(14)12-11-19-10-4-3-5-16(19)21/h3-5,10,14-15,18H,6-9,11-13H2,1-2H3. The summed E-state index contributed by atoms with van der Waals surface area (Å²) in [6.07, 6.45) is 5.81. The van der Waals surface area contributed by atoms with E-state index in [1.807, 2.05) is 22.9 Å². The first-order valence-corrected chi connectivity index (χ1v) is 8.23. The molecular weight excluding hydrogens is 262 g/mol. The summed E-state index contributed by atoms with van der Waals surface area (Å²) in [6, 6.07) is 5.96. The van der Waals surface area contributed by atoms with Crippen LogP contribution in [-0.4, -0.2) is 40.7 Å². The Labute approximate surface area is 127 Å². The number of aromatic nitrogens is 1. The van der Waals surface area contributed by atoms with Gasteiger partial charge in [-0.25, -0.2) is 0 Å². The molecule has 1 aliphatic carbocycles. The molecule has 2 unspecified atom stereocenters. The zero-order valence-electron chi connectivity index (χ0n) is 13.2. The average molecular weight is 289 g/mol. The molecule has 4 nitrogen and oxygen atoms in total. The van der Waals surface area contributed by atoms with Crippen molar-refractivity contribution in [2.75, 3.05) is 19.6 Å². The fourth-order valence-corrected chi connectivity index (χ4v) is 3.56. The third kappa shape index (κ3) is 3.38. The van der Waals surface area contributed by atoms with E-state index in [2.05, 4.69) is 24.1 Å². The topological polar surface area (TPSA) is 37.3 Å². The number of pyridine rings is 1. The van der Waals surface area contributed by atoms with Gasteiger partial charge in [-0.1, -0.05) is 6.07 Å². The molecule has 1 N–H and O–H groups in total. The summed E-state index contributed by atoms with van der Waals surface area (Å²) >= 11 is 0. The molecule has 1 saturated heterocycles. The number of nitrogens with zero attached hydrogens (tertiary/aromatic N) is 2. The van der Waals surface area contributed by atoms with E-state index >= 15 is 0 Å². The quantitative estimate of drug-likeness (QED) is 0.917. The molecule has 2 fully saturated rings. The van der Waals surface area contributed by atoms with Gasteiger partial charge < -0.3 is 9.88 Å². The lowest BCUT2D eigenvalue weighted by Crippen LogP contribution is -2.52. The summed E-state index contributed by atoms with van der Waals surface area (Å²) in [5, 5.41) is 3.78. The largest absolute Gasteiger partial charge is 0.314 e. The fraction of sp³-hybridized carbons (Fsp3) is 0.706. The predicted molar refractivity (Wildman–Crippen MR) is 85.5 cm³/mol. The molecule has 0 aromatic carbocycles. The summed E-state index contributed by atoms with van der Waals surface area (Å²) in [7, 11) is 0. The lowest BCUT2D eigenvalue weighted by atomic mass is 9.95. The molecule has 0 bridgehead atoms. The van der Waals surface area contributed by atoms with E-state index in [0.29, 0.717) is 6.04 Å². The normalized spacial score (nSPS) is 31.0. The van der Waals surface area contributed by atoms with Gasteiger partial charge in [0.15, 0.2) is 0 Å². The van der Waals surface area contributed by atoms with Crippen LogP contribution in [0.4, 0.5) is 0 Å². The first-order chi connectivity index (χ1) is 10.1. The van der Waals surface area contributed by atoms with Crippen LogP contribution < -0.4 is 10.9 Å². The van der Waals surface area contributed by atoms with Crippen LogP contribution in [0.3, 0.4) is 0 Å². The number of nitrogens with one attached hydrogen (secondary N) is 1. The lowest BCUT2D eigenvalue weighted by Gasteiger charge is -2.36. The van der Waals surface area contributed by atoms with E-state index in [4.69, 9.17) is 0 Å². The van der Waals surface area contributed by atoms with Crippen molar-refractivity contribution in [2.24, 2.45) is 5.92 Å². The van der Waals surface area contributed by atoms with E-state index in [9.17, 15) is 4.79 Å². The van der Waals surface area contributed by atoms with Crippen molar-refractivity contribution in [1.82, 2.24) is 14.8 Å². The van der Waals surface area contributed by atoms with Crippen LogP contribution in [0.1, 0.15) is 33.1 Å². The highest BCUT2D eigenvalue weighted by molar-refractivity contribution is 5.02. The molecule has 21 heavy (non-hydrogen) atoms. The summed E-state index contributed by atoms with van der Waals surface area (Å²) in [5.74, 6) is 0.838. The molecule has 0 radical (unpaired) electrons.